The lowest BCUT2D eigenvalue weighted by Gasteiger charge is -2.11. The van der Waals surface area contributed by atoms with Gasteiger partial charge in [0.15, 0.2) is 0 Å². The summed E-state index contributed by atoms with van der Waals surface area (Å²) in [6, 6.07) is 0.391. The lowest BCUT2D eigenvalue weighted by atomic mass is 10.3. The van der Waals surface area contributed by atoms with Crippen LogP contribution in [0, 0.1) is 13.8 Å². The third-order valence-electron chi connectivity index (χ3n) is 2.03. The predicted molar refractivity (Wildman–Crippen MR) is 59.8 cm³/mol. The highest BCUT2D eigenvalue weighted by Crippen LogP contribution is 2.16. The summed E-state index contributed by atoms with van der Waals surface area (Å²) in [6.45, 7) is 7.85. The van der Waals surface area contributed by atoms with Crippen molar-refractivity contribution in [3.05, 3.63) is 15.6 Å². The predicted octanol–water partition coefficient (Wildman–Crippen LogP) is 1.88. The molecule has 0 aromatic carbocycles. The van der Waals surface area contributed by atoms with Gasteiger partial charge in [-0.25, -0.2) is 4.98 Å². The van der Waals surface area contributed by atoms with Gasteiger partial charge in [-0.1, -0.05) is 0 Å². The first-order valence-electron chi connectivity index (χ1n) is 4.78. The maximum absolute atomic E-state index is 5.05. The van der Waals surface area contributed by atoms with Crippen molar-refractivity contribution in [2.75, 3.05) is 13.7 Å². The summed E-state index contributed by atoms with van der Waals surface area (Å²) in [5.74, 6) is 0. The fraction of sp³-hybridized carbons (Fsp3) is 0.700. The standard InChI is InChI=1S/C10H18N2OS/c1-7(6-13-4)11-5-10-8(2)12-9(3)14-10/h7,11H,5-6H2,1-4H3. The van der Waals surface area contributed by atoms with Crippen molar-refractivity contribution in [3.8, 4) is 0 Å². The van der Waals surface area contributed by atoms with Crippen LogP contribution in [0.25, 0.3) is 0 Å². The molecule has 1 N–H and O–H groups in total. The van der Waals surface area contributed by atoms with Crippen LogP contribution in [-0.4, -0.2) is 24.7 Å². The molecular formula is C10H18N2OS. The number of rotatable bonds is 5. The summed E-state index contributed by atoms with van der Waals surface area (Å²) in [5, 5.41) is 4.54. The van der Waals surface area contributed by atoms with Gasteiger partial charge in [-0.05, 0) is 20.8 Å². The Hall–Kier alpha value is -0.450. The molecule has 0 saturated heterocycles. The average Bonchev–Trinajstić information content (AvgIpc) is 2.42. The SMILES string of the molecule is COCC(C)NCc1sc(C)nc1C. The maximum Gasteiger partial charge on any atom is 0.0900 e. The second kappa shape index (κ2) is 5.44. The van der Waals surface area contributed by atoms with Crippen molar-refractivity contribution in [2.45, 2.75) is 33.4 Å². The van der Waals surface area contributed by atoms with Gasteiger partial charge >= 0.3 is 0 Å². The van der Waals surface area contributed by atoms with Gasteiger partial charge in [0.05, 0.1) is 17.3 Å². The Balaban J connectivity index is 2.41. The third kappa shape index (κ3) is 3.36. The van der Waals surface area contributed by atoms with Crippen LogP contribution in [0.2, 0.25) is 0 Å². The van der Waals surface area contributed by atoms with Gasteiger partial charge < -0.3 is 10.1 Å². The number of thiazole rings is 1. The number of nitrogens with zero attached hydrogens (tertiary/aromatic N) is 1. The van der Waals surface area contributed by atoms with E-state index in [1.807, 2.05) is 6.92 Å². The zero-order valence-corrected chi connectivity index (χ0v) is 10.1. The van der Waals surface area contributed by atoms with E-state index in [9.17, 15) is 0 Å². The van der Waals surface area contributed by atoms with Gasteiger partial charge in [0.2, 0.25) is 0 Å². The molecule has 4 heteroatoms. The first-order valence-corrected chi connectivity index (χ1v) is 5.60. The number of hydrogen-bond acceptors (Lipinski definition) is 4. The number of nitrogens with one attached hydrogen (secondary N) is 1. The van der Waals surface area contributed by atoms with Crippen molar-refractivity contribution in [3.63, 3.8) is 0 Å². The molecule has 80 valence electrons. The van der Waals surface area contributed by atoms with E-state index >= 15 is 0 Å². The van der Waals surface area contributed by atoms with E-state index in [4.69, 9.17) is 4.74 Å². The Labute approximate surface area is 89.5 Å². The molecule has 0 aliphatic rings. The van der Waals surface area contributed by atoms with Crippen molar-refractivity contribution in [1.82, 2.24) is 10.3 Å². The number of methoxy groups -OCH3 is 1. The fourth-order valence-electron chi connectivity index (χ4n) is 1.31. The third-order valence-corrected chi connectivity index (χ3v) is 3.10. The summed E-state index contributed by atoms with van der Waals surface area (Å²) in [7, 11) is 1.72. The van der Waals surface area contributed by atoms with Crippen LogP contribution in [0.3, 0.4) is 0 Å². The van der Waals surface area contributed by atoms with Crippen LogP contribution in [0.1, 0.15) is 22.5 Å². The Bertz CT molecular complexity index is 286. The van der Waals surface area contributed by atoms with Gasteiger partial charge in [0, 0.05) is 24.6 Å². The van der Waals surface area contributed by atoms with Crippen LogP contribution < -0.4 is 5.32 Å². The van der Waals surface area contributed by atoms with Gasteiger partial charge in [-0.3, -0.25) is 0 Å². The number of hydrogen-bond donors (Lipinski definition) is 1. The Kier molecular flexibility index (Phi) is 4.51. The minimum atomic E-state index is 0.391. The summed E-state index contributed by atoms with van der Waals surface area (Å²) < 4.78 is 5.05. The normalized spacial score (nSPS) is 13.1. The summed E-state index contributed by atoms with van der Waals surface area (Å²) in [6.07, 6.45) is 0. The molecule has 0 aliphatic heterocycles. The van der Waals surface area contributed by atoms with E-state index in [-0.39, 0.29) is 0 Å². The van der Waals surface area contributed by atoms with Crippen molar-refractivity contribution < 1.29 is 4.74 Å². The van der Waals surface area contributed by atoms with Crippen LogP contribution >= 0.6 is 11.3 Å². The van der Waals surface area contributed by atoms with Gasteiger partial charge in [0.25, 0.3) is 0 Å². The number of aryl methyl sites for hydroxylation is 2. The molecule has 1 unspecified atom stereocenters. The Morgan fingerprint density at radius 3 is 2.71 bits per heavy atom. The number of ether oxygens (including phenoxy) is 1. The first kappa shape index (κ1) is 11.6. The minimum absolute atomic E-state index is 0.391. The molecular weight excluding hydrogens is 196 g/mol. The monoisotopic (exact) mass is 214 g/mol. The molecule has 3 nitrogen and oxygen atoms in total. The lowest BCUT2D eigenvalue weighted by molar-refractivity contribution is 0.172. The topological polar surface area (TPSA) is 34.1 Å². The van der Waals surface area contributed by atoms with E-state index in [0.29, 0.717) is 6.04 Å². The van der Waals surface area contributed by atoms with E-state index < -0.39 is 0 Å². The van der Waals surface area contributed by atoms with E-state index in [1.165, 1.54) is 4.88 Å². The molecule has 0 fully saturated rings. The molecule has 1 aromatic heterocycles. The summed E-state index contributed by atoms with van der Waals surface area (Å²) in [4.78, 5) is 5.71. The van der Waals surface area contributed by atoms with Gasteiger partial charge in [-0.2, -0.15) is 0 Å². The average molecular weight is 214 g/mol. The second-order valence-electron chi connectivity index (χ2n) is 3.48. The van der Waals surface area contributed by atoms with Crippen molar-refractivity contribution in [1.29, 1.82) is 0 Å². The molecule has 1 atom stereocenters. The van der Waals surface area contributed by atoms with Crippen LogP contribution in [0.15, 0.2) is 0 Å². The molecule has 14 heavy (non-hydrogen) atoms. The molecule has 0 spiro atoms. The smallest absolute Gasteiger partial charge is 0.0900 e. The van der Waals surface area contributed by atoms with E-state index in [1.54, 1.807) is 18.4 Å². The van der Waals surface area contributed by atoms with Gasteiger partial charge in [-0.15, -0.1) is 11.3 Å². The second-order valence-corrected chi connectivity index (χ2v) is 4.77. The lowest BCUT2D eigenvalue weighted by Crippen LogP contribution is -2.29. The summed E-state index contributed by atoms with van der Waals surface area (Å²) in [5.41, 5.74) is 1.14. The zero-order valence-electron chi connectivity index (χ0n) is 9.26. The quantitative estimate of drug-likeness (QED) is 0.812. The van der Waals surface area contributed by atoms with Crippen molar-refractivity contribution in [2.24, 2.45) is 0 Å². The van der Waals surface area contributed by atoms with Gasteiger partial charge in [0.1, 0.15) is 0 Å². The molecule has 0 radical (unpaired) electrons. The zero-order chi connectivity index (χ0) is 10.6. The molecule has 1 heterocycles. The summed E-state index contributed by atoms with van der Waals surface area (Å²) >= 11 is 1.76. The molecule has 0 bridgehead atoms. The van der Waals surface area contributed by atoms with Crippen LogP contribution in [-0.2, 0) is 11.3 Å². The largest absolute Gasteiger partial charge is 0.383 e. The highest BCUT2D eigenvalue weighted by Gasteiger charge is 2.06. The first-order chi connectivity index (χ1) is 6.63. The highest BCUT2D eigenvalue weighted by molar-refractivity contribution is 7.11. The van der Waals surface area contributed by atoms with E-state index in [2.05, 4.69) is 24.1 Å². The molecule has 0 saturated carbocycles. The maximum atomic E-state index is 5.05. The molecule has 0 amide bonds. The Morgan fingerprint density at radius 2 is 2.21 bits per heavy atom. The minimum Gasteiger partial charge on any atom is -0.383 e. The number of aromatic nitrogens is 1. The molecule has 1 rings (SSSR count). The van der Waals surface area contributed by atoms with Crippen molar-refractivity contribution >= 4 is 11.3 Å². The molecule has 1 aromatic rings. The highest BCUT2D eigenvalue weighted by atomic mass is 32.1. The van der Waals surface area contributed by atoms with Crippen LogP contribution in [0.4, 0.5) is 0 Å². The fourth-order valence-corrected chi connectivity index (χ4v) is 2.20. The van der Waals surface area contributed by atoms with E-state index in [0.717, 1.165) is 23.9 Å². The molecule has 0 aliphatic carbocycles. The van der Waals surface area contributed by atoms with Crippen LogP contribution in [0.5, 0.6) is 0 Å². The Morgan fingerprint density at radius 1 is 1.50 bits per heavy atom.